The summed E-state index contributed by atoms with van der Waals surface area (Å²) in [6.07, 6.45) is 1.57. The molecule has 4 heteroatoms. The van der Waals surface area contributed by atoms with E-state index in [1.54, 1.807) is 18.5 Å². The molecule has 0 aliphatic heterocycles. The smallest absolute Gasteiger partial charge is 0.0953 e. The summed E-state index contributed by atoms with van der Waals surface area (Å²) >= 11 is 5.87. The lowest BCUT2D eigenvalue weighted by atomic mass is 10.2. The Bertz CT molecular complexity index is 410. The first-order valence-electron chi connectivity index (χ1n) is 3.54. The number of aliphatic hydroxyl groups is 1. The number of H-pyrrole nitrogens is 1. The van der Waals surface area contributed by atoms with Crippen molar-refractivity contribution in [1.29, 1.82) is 0 Å². The number of aromatic amines is 1. The molecule has 0 amide bonds. The first-order chi connectivity index (χ1) is 5.83. The van der Waals surface area contributed by atoms with Crippen LogP contribution in [0.15, 0.2) is 18.5 Å². The molecular formula is C8H7ClN2O. The normalized spacial score (nSPS) is 10.8. The number of rotatable bonds is 1. The first-order valence-corrected chi connectivity index (χ1v) is 3.92. The third-order valence-corrected chi connectivity index (χ3v) is 2.10. The van der Waals surface area contributed by atoms with E-state index in [-0.39, 0.29) is 6.61 Å². The van der Waals surface area contributed by atoms with Crippen LogP contribution in [0.1, 0.15) is 5.56 Å². The largest absolute Gasteiger partial charge is 0.392 e. The van der Waals surface area contributed by atoms with E-state index in [4.69, 9.17) is 16.7 Å². The molecule has 0 spiro atoms. The lowest BCUT2D eigenvalue weighted by Crippen LogP contribution is -1.85. The molecule has 0 unspecified atom stereocenters. The predicted octanol–water partition coefficient (Wildman–Crippen LogP) is 1.71. The van der Waals surface area contributed by atoms with E-state index in [9.17, 15) is 0 Å². The van der Waals surface area contributed by atoms with Gasteiger partial charge in [0.1, 0.15) is 0 Å². The van der Waals surface area contributed by atoms with Crippen molar-refractivity contribution >= 4 is 22.6 Å². The average Bonchev–Trinajstić information content (AvgIpc) is 2.54. The monoisotopic (exact) mass is 182 g/mol. The van der Waals surface area contributed by atoms with Gasteiger partial charge in [0.15, 0.2) is 0 Å². The van der Waals surface area contributed by atoms with E-state index < -0.39 is 0 Å². The van der Waals surface area contributed by atoms with Gasteiger partial charge in [-0.15, -0.1) is 0 Å². The van der Waals surface area contributed by atoms with Gasteiger partial charge in [0, 0.05) is 5.56 Å². The minimum absolute atomic E-state index is 0.0154. The van der Waals surface area contributed by atoms with Gasteiger partial charge in [-0.3, -0.25) is 0 Å². The molecule has 1 heterocycles. The van der Waals surface area contributed by atoms with Crippen LogP contribution in [-0.4, -0.2) is 15.1 Å². The number of halogens is 1. The van der Waals surface area contributed by atoms with Crippen LogP contribution in [0.25, 0.3) is 11.0 Å². The molecule has 0 aliphatic carbocycles. The summed E-state index contributed by atoms with van der Waals surface area (Å²) in [5, 5.41) is 9.57. The molecule has 3 nitrogen and oxygen atoms in total. The molecule has 2 aromatic rings. The Morgan fingerprint density at radius 2 is 2.33 bits per heavy atom. The van der Waals surface area contributed by atoms with E-state index in [2.05, 4.69) is 9.97 Å². The van der Waals surface area contributed by atoms with Gasteiger partial charge in [-0.05, 0) is 6.07 Å². The second-order valence-electron chi connectivity index (χ2n) is 2.49. The first kappa shape index (κ1) is 7.58. The van der Waals surface area contributed by atoms with E-state index in [1.807, 2.05) is 0 Å². The molecule has 1 aromatic heterocycles. The summed E-state index contributed by atoms with van der Waals surface area (Å²) < 4.78 is 0. The highest BCUT2D eigenvalue weighted by atomic mass is 35.5. The van der Waals surface area contributed by atoms with E-state index >= 15 is 0 Å². The Labute approximate surface area is 74.0 Å². The maximum absolute atomic E-state index is 8.95. The molecule has 1 aromatic carbocycles. The van der Waals surface area contributed by atoms with E-state index in [0.29, 0.717) is 5.02 Å². The average molecular weight is 183 g/mol. The lowest BCUT2D eigenvalue weighted by molar-refractivity contribution is 0.283. The molecule has 12 heavy (non-hydrogen) atoms. The van der Waals surface area contributed by atoms with Gasteiger partial charge in [0.25, 0.3) is 0 Å². The summed E-state index contributed by atoms with van der Waals surface area (Å²) in [6, 6.07) is 3.51. The molecule has 0 radical (unpaired) electrons. The fraction of sp³-hybridized carbons (Fsp3) is 0.125. The Hall–Kier alpha value is -1.06. The molecular weight excluding hydrogens is 176 g/mol. The van der Waals surface area contributed by atoms with Crippen molar-refractivity contribution in [3.8, 4) is 0 Å². The number of nitrogens with zero attached hydrogens (tertiary/aromatic N) is 1. The van der Waals surface area contributed by atoms with Gasteiger partial charge in [-0.25, -0.2) is 4.98 Å². The van der Waals surface area contributed by atoms with Crippen LogP contribution in [0.5, 0.6) is 0 Å². The number of benzene rings is 1. The maximum atomic E-state index is 8.95. The van der Waals surface area contributed by atoms with Crippen molar-refractivity contribution in [2.75, 3.05) is 0 Å². The summed E-state index contributed by atoms with van der Waals surface area (Å²) in [6.45, 7) is -0.0154. The van der Waals surface area contributed by atoms with Crippen LogP contribution in [0.3, 0.4) is 0 Å². The summed E-state index contributed by atoms with van der Waals surface area (Å²) in [4.78, 5) is 6.96. The van der Waals surface area contributed by atoms with Gasteiger partial charge < -0.3 is 10.1 Å². The predicted molar refractivity (Wildman–Crippen MR) is 47.0 cm³/mol. The number of hydrogen-bond donors (Lipinski definition) is 2. The van der Waals surface area contributed by atoms with Crippen LogP contribution < -0.4 is 0 Å². The number of nitrogens with one attached hydrogen (secondary N) is 1. The molecule has 0 fully saturated rings. The van der Waals surface area contributed by atoms with Crippen molar-refractivity contribution in [2.24, 2.45) is 0 Å². The molecule has 0 bridgehead atoms. The van der Waals surface area contributed by atoms with Crippen LogP contribution in [-0.2, 0) is 6.61 Å². The topological polar surface area (TPSA) is 48.9 Å². The summed E-state index contributed by atoms with van der Waals surface area (Å²) in [5.41, 5.74) is 2.31. The molecule has 62 valence electrons. The quantitative estimate of drug-likeness (QED) is 0.706. The van der Waals surface area contributed by atoms with Crippen LogP contribution in [0, 0.1) is 0 Å². The number of fused-ring (bicyclic) bond motifs is 1. The molecule has 0 saturated heterocycles. The van der Waals surface area contributed by atoms with Crippen molar-refractivity contribution in [2.45, 2.75) is 6.61 Å². The lowest BCUT2D eigenvalue weighted by Gasteiger charge is -1.97. The van der Waals surface area contributed by atoms with Gasteiger partial charge in [0.05, 0.1) is 29.0 Å². The Balaban J connectivity index is 2.82. The number of imidazole rings is 1. The zero-order chi connectivity index (χ0) is 8.55. The zero-order valence-electron chi connectivity index (χ0n) is 6.21. The Morgan fingerprint density at radius 3 is 3.08 bits per heavy atom. The SMILES string of the molecule is OCc1ccc(Cl)c2[nH]cnc12. The number of aromatic nitrogens is 2. The minimum Gasteiger partial charge on any atom is -0.392 e. The van der Waals surface area contributed by atoms with E-state index in [1.165, 1.54) is 0 Å². The van der Waals surface area contributed by atoms with Crippen molar-refractivity contribution in [3.05, 3.63) is 29.0 Å². The molecule has 0 atom stereocenters. The van der Waals surface area contributed by atoms with Crippen molar-refractivity contribution in [3.63, 3.8) is 0 Å². The fourth-order valence-corrected chi connectivity index (χ4v) is 1.39. The highest BCUT2D eigenvalue weighted by Crippen LogP contribution is 2.23. The van der Waals surface area contributed by atoms with Crippen molar-refractivity contribution in [1.82, 2.24) is 9.97 Å². The highest BCUT2D eigenvalue weighted by molar-refractivity contribution is 6.35. The molecule has 2 rings (SSSR count). The number of aliphatic hydroxyl groups excluding tert-OH is 1. The zero-order valence-corrected chi connectivity index (χ0v) is 6.97. The second kappa shape index (κ2) is 2.77. The molecule has 2 N–H and O–H groups in total. The van der Waals surface area contributed by atoms with Gasteiger partial charge in [-0.2, -0.15) is 0 Å². The summed E-state index contributed by atoms with van der Waals surface area (Å²) in [5.74, 6) is 0. The highest BCUT2D eigenvalue weighted by Gasteiger charge is 2.05. The Morgan fingerprint density at radius 1 is 1.50 bits per heavy atom. The molecule has 0 saturated carbocycles. The summed E-state index contributed by atoms with van der Waals surface area (Å²) in [7, 11) is 0. The second-order valence-corrected chi connectivity index (χ2v) is 2.90. The number of hydrogen-bond acceptors (Lipinski definition) is 2. The minimum atomic E-state index is -0.0154. The standard InChI is InChI=1S/C8H7ClN2O/c9-6-2-1-5(3-12)7-8(6)11-4-10-7/h1-2,4,12H,3H2,(H,10,11). The van der Waals surface area contributed by atoms with Crippen molar-refractivity contribution < 1.29 is 5.11 Å². The third kappa shape index (κ3) is 0.983. The van der Waals surface area contributed by atoms with E-state index in [0.717, 1.165) is 16.6 Å². The molecule has 0 aliphatic rings. The third-order valence-electron chi connectivity index (χ3n) is 1.78. The van der Waals surface area contributed by atoms with Crippen LogP contribution >= 0.6 is 11.6 Å². The van der Waals surface area contributed by atoms with Crippen LogP contribution in [0.2, 0.25) is 5.02 Å². The maximum Gasteiger partial charge on any atom is 0.0953 e. The fourth-order valence-electron chi connectivity index (χ4n) is 1.18. The Kier molecular flexibility index (Phi) is 1.75. The van der Waals surface area contributed by atoms with Crippen LogP contribution in [0.4, 0.5) is 0 Å². The van der Waals surface area contributed by atoms with Gasteiger partial charge in [0.2, 0.25) is 0 Å². The van der Waals surface area contributed by atoms with Gasteiger partial charge >= 0.3 is 0 Å². The van der Waals surface area contributed by atoms with Gasteiger partial charge in [-0.1, -0.05) is 17.7 Å².